The Balaban J connectivity index is 2.12. The third-order valence-corrected chi connectivity index (χ3v) is 3.51. The van der Waals surface area contributed by atoms with E-state index in [-0.39, 0.29) is 0 Å². The molecule has 0 amide bonds. The first-order valence-corrected chi connectivity index (χ1v) is 6.72. The summed E-state index contributed by atoms with van der Waals surface area (Å²) < 4.78 is 7.17. The van der Waals surface area contributed by atoms with E-state index in [9.17, 15) is 0 Å². The summed E-state index contributed by atoms with van der Waals surface area (Å²) in [5.41, 5.74) is 8.99. The van der Waals surface area contributed by atoms with Crippen LogP contribution in [0, 0.1) is 0 Å². The summed E-state index contributed by atoms with van der Waals surface area (Å²) in [6, 6.07) is 17.8. The van der Waals surface area contributed by atoms with Gasteiger partial charge in [0.15, 0.2) is 0 Å². The fourth-order valence-corrected chi connectivity index (χ4v) is 2.34. The van der Waals surface area contributed by atoms with Crippen molar-refractivity contribution in [3.8, 4) is 28.4 Å². The number of imidazole rings is 1. The molecule has 0 saturated heterocycles. The highest BCUT2D eigenvalue weighted by Crippen LogP contribution is 2.31. The quantitative estimate of drug-likeness (QED) is 0.800. The SMILES string of the molecule is COc1cccc(-c2nc(-c3ccccc3)n(C)c2N)c1. The molecule has 0 fully saturated rings. The lowest BCUT2D eigenvalue weighted by molar-refractivity contribution is 0.415. The molecule has 106 valence electrons. The Kier molecular flexibility index (Phi) is 3.36. The Morgan fingerprint density at radius 3 is 2.43 bits per heavy atom. The summed E-state index contributed by atoms with van der Waals surface area (Å²) in [5.74, 6) is 2.28. The zero-order chi connectivity index (χ0) is 14.8. The number of benzene rings is 2. The first kappa shape index (κ1) is 13.2. The third kappa shape index (κ3) is 2.36. The van der Waals surface area contributed by atoms with E-state index in [1.165, 1.54) is 0 Å². The molecule has 0 spiro atoms. The van der Waals surface area contributed by atoms with Gasteiger partial charge in [-0.15, -0.1) is 0 Å². The molecule has 0 saturated carbocycles. The molecule has 0 unspecified atom stereocenters. The molecule has 0 aliphatic heterocycles. The highest BCUT2D eigenvalue weighted by atomic mass is 16.5. The normalized spacial score (nSPS) is 10.6. The second-order valence-corrected chi connectivity index (χ2v) is 4.83. The third-order valence-electron chi connectivity index (χ3n) is 3.51. The predicted molar refractivity (Wildman–Crippen MR) is 85.0 cm³/mol. The molecule has 1 heterocycles. The van der Waals surface area contributed by atoms with Gasteiger partial charge in [0.05, 0.1) is 7.11 Å². The van der Waals surface area contributed by atoms with Crippen LogP contribution in [0.3, 0.4) is 0 Å². The summed E-state index contributed by atoms with van der Waals surface area (Å²) in [7, 11) is 3.57. The van der Waals surface area contributed by atoms with Crippen LogP contribution in [0.4, 0.5) is 5.82 Å². The van der Waals surface area contributed by atoms with Crippen LogP contribution in [0.15, 0.2) is 54.6 Å². The number of methoxy groups -OCH3 is 1. The van der Waals surface area contributed by atoms with Gasteiger partial charge in [0, 0.05) is 18.2 Å². The Hall–Kier alpha value is -2.75. The molecule has 0 bridgehead atoms. The maximum atomic E-state index is 6.22. The van der Waals surface area contributed by atoms with Gasteiger partial charge in [-0.05, 0) is 12.1 Å². The molecule has 4 nitrogen and oxygen atoms in total. The molecular weight excluding hydrogens is 262 g/mol. The Morgan fingerprint density at radius 2 is 1.71 bits per heavy atom. The van der Waals surface area contributed by atoms with Gasteiger partial charge >= 0.3 is 0 Å². The topological polar surface area (TPSA) is 53.1 Å². The van der Waals surface area contributed by atoms with E-state index in [0.29, 0.717) is 5.82 Å². The van der Waals surface area contributed by atoms with E-state index in [1.54, 1.807) is 7.11 Å². The molecule has 3 aromatic rings. The van der Waals surface area contributed by atoms with E-state index < -0.39 is 0 Å². The van der Waals surface area contributed by atoms with Crippen molar-refractivity contribution in [3.05, 3.63) is 54.6 Å². The Morgan fingerprint density at radius 1 is 1.00 bits per heavy atom. The van der Waals surface area contributed by atoms with Crippen LogP contribution in [0.5, 0.6) is 5.75 Å². The maximum Gasteiger partial charge on any atom is 0.142 e. The van der Waals surface area contributed by atoms with Crippen molar-refractivity contribution in [1.29, 1.82) is 0 Å². The molecule has 0 aliphatic rings. The van der Waals surface area contributed by atoms with Crippen LogP contribution in [-0.2, 0) is 7.05 Å². The van der Waals surface area contributed by atoms with Crippen molar-refractivity contribution in [1.82, 2.24) is 9.55 Å². The van der Waals surface area contributed by atoms with Gasteiger partial charge in [-0.25, -0.2) is 4.98 Å². The number of aromatic nitrogens is 2. The molecule has 2 N–H and O–H groups in total. The fraction of sp³-hybridized carbons (Fsp3) is 0.118. The minimum absolute atomic E-state index is 0.641. The van der Waals surface area contributed by atoms with Crippen molar-refractivity contribution < 1.29 is 4.74 Å². The number of anilines is 1. The first-order valence-electron chi connectivity index (χ1n) is 6.72. The van der Waals surface area contributed by atoms with Crippen LogP contribution in [0.1, 0.15) is 0 Å². The molecule has 4 heteroatoms. The molecule has 0 atom stereocenters. The van der Waals surface area contributed by atoms with E-state index in [1.807, 2.05) is 66.2 Å². The summed E-state index contributed by atoms with van der Waals surface area (Å²) >= 11 is 0. The fourth-order valence-electron chi connectivity index (χ4n) is 2.34. The highest BCUT2D eigenvalue weighted by molar-refractivity contribution is 5.76. The monoisotopic (exact) mass is 279 g/mol. The average Bonchev–Trinajstić information content (AvgIpc) is 2.84. The number of ether oxygens (including phenoxy) is 1. The smallest absolute Gasteiger partial charge is 0.142 e. The lowest BCUT2D eigenvalue weighted by Crippen LogP contribution is -1.98. The second-order valence-electron chi connectivity index (χ2n) is 4.83. The Labute approximate surface area is 123 Å². The van der Waals surface area contributed by atoms with E-state index in [0.717, 1.165) is 28.4 Å². The molecule has 1 aromatic heterocycles. The van der Waals surface area contributed by atoms with Crippen molar-refractivity contribution in [3.63, 3.8) is 0 Å². The molecular formula is C17H17N3O. The molecule has 3 rings (SSSR count). The lowest BCUT2D eigenvalue weighted by atomic mass is 10.1. The second kappa shape index (κ2) is 5.32. The van der Waals surface area contributed by atoms with E-state index in [4.69, 9.17) is 15.5 Å². The van der Waals surface area contributed by atoms with Crippen molar-refractivity contribution in [2.45, 2.75) is 0 Å². The number of hydrogen-bond acceptors (Lipinski definition) is 3. The van der Waals surface area contributed by atoms with Gasteiger partial charge in [0.25, 0.3) is 0 Å². The summed E-state index contributed by atoms with van der Waals surface area (Å²) in [5, 5.41) is 0. The van der Waals surface area contributed by atoms with Crippen LogP contribution in [-0.4, -0.2) is 16.7 Å². The summed E-state index contributed by atoms with van der Waals surface area (Å²) in [6.45, 7) is 0. The van der Waals surface area contributed by atoms with Gasteiger partial charge in [0.1, 0.15) is 23.1 Å². The van der Waals surface area contributed by atoms with Gasteiger partial charge < -0.3 is 15.0 Å². The number of hydrogen-bond donors (Lipinski definition) is 1. The van der Waals surface area contributed by atoms with Crippen molar-refractivity contribution in [2.24, 2.45) is 7.05 Å². The van der Waals surface area contributed by atoms with Gasteiger partial charge in [-0.1, -0.05) is 42.5 Å². The number of nitrogen functional groups attached to an aromatic ring is 1. The van der Waals surface area contributed by atoms with E-state index >= 15 is 0 Å². The highest BCUT2D eigenvalue weighted by Gasteiger charge is 2.15. The standard InChI is InChI=1S/C17H17N3O/c1-20-16(18)15(13-9-6-10-14(11-13)21-2)19-17(20)12-7-4-3-5-8-12/h3-11H,18H2,1-2H3. The Bertz CT molecular complexity index is 763. The van der Waals surface area contributed by atoms with Gasteiger partial charge in [-0.3, -0.25) is 0 Å². The largest absolute Gasteiger partial charge is 0.497 e. The van der Waals surface area contributed by atoms with Gasteiger partial charge in [-0.2, -0.15) is 0 Å². The van der Waals surface area contributed by atoms with Crippen LogP contribution >= 0.6 is 0 Å². The minimum atomic E-state index is 0.641. The van der Waals surface area contributed by atoms with Gasteiger partial charge in [0.2, 0.25) is 0 Å². The van der Waals surface area contributed by atoms with Crippen molar-refractivity contribution in [2.75, 3.05) is 12.8 Å². The average molecular weight is 279 g/mol. The first-order chi connectivity index (χ1) is 10.2. The van der Waals surface area contributed by atoms with Crippen LogP contribution in [0.25, 0.3) is 22.6 Å². The predicted octanol–water partition coefficient (Wildman–Crippen LogP) is 3.34. The zero-order valence-corrected chi connectivity index (χ0v) is 12.1. The van der Waals surface area contributed by atoms with Crippen LogP contribution < -0.4 is 10.5 Å². The number of rotatable bonds is 3. The van der Waals surface area contributed by atoms with E-state index in [2.05, 4.69) is 0 Å². The molecule has 0 aliphatic carbocycles. The molecule has 2 aromatic carbocycles. The summed E-state index contributed by atoms with van der Waals surface area (Å²) in [4.78, 5) is 4.71. The maximum absolute atomic E-state index is 6.22. The number of nitrogens with zero attached hydrogens (tertiary/aromatic N) is 2. The minimum Gasteiger partial charge on any atom is -0.497 e. The number of nitrogens with two attached hydrogens (primary N) is 1. The zero-order valence-electron chi connectivity index (χ0n) is 12.1. The molecule has 21 heavy (non-hydrogen) atoms. The van der Waals surface area contributed by atoms with Crippen molar-refractivity contribution >= 4 is 5.82 Å². The molecule has 0 radical (unpaired) electrons. The lowest BCUT2D eigenvalue weighted by Gasteiger charge is -2.03. The van der Waals surface area contributed by atoms with Crippen LogP contribution in [0.2, 0.25) is 0 Å². The summed E-state index contributed by atoms with van der Waals surface area (Å²) in [6.07, 6.45) is 0.